The summed E-state index contributed by atoms with van der Waals surface area (Å²) >= 11 is 5.79. The highest BCUT2D eigenvalue weighted by Gasteiger charge is 2.25. The van der Waals surface area contributed by atoms with E-state index in [0.717, 1.165) is 12.8 Å². The molecule has 1 aromatic carbocycles. The molecular formula is C15H19ClO3. The highest BCUT2D eigenvalue weighted by molar-refractivity contribution is 6.30. The number of halogens is 1. The number of Topliss-reactive ketones (excluding diaryl/α,β-unsaturated/α-hetero) is 1. The zero-order valence-electron chi connectivity index (χ0n) is 11.3. The Hall–Kier alpha value is -0.900. The van der Waals surface area contributed by atoms with Gasteiger partial charge in [-0.2, -0.15) is 0 Å². The lowest BCUT2D eigenvalue weighted by atomic mass is 10.0. The Morgan fingerprint density at radius 1 is 1.26 bits per heavy atom. The molecule has 0 aliphatic carbocycles. The summed E-state index contributed by atoms with van der Waals surface area (Å²) in [6, 6.07) is 6.88. The van der Waals surface area contributed by atoms with Crippen LogP contribution in [-0.4, -0.2) is 30.7 Å². The maximum Gasteiger partial charge on any atom is 0.188 e. The van der Waals surface area contributed by atoms with Crippen molar-refractivity contribution < 1.29 is 14.3 Å². The normalized spacial score (nSPS) is 27.2. The van der Waals surface area contributed by atoms with Gasteiger partial charge in [-0.25, -0.2) is 0 Å². The zero-order chi connectivity index (χ0) is 13.8. The molecule has 0 saturated carbocycles. The quantitative estimate of drug-likeness (QED) is 0.793. The average Bonchev–Trinajstić information content (AvgIpc) is 2.36. The van der Waals surface area contributed by atoms with E-state index in [0.29, 0.717) is 10.6 Å². The predicted octanol–water partition coefficient (Wildman–Crippen LogP) is 3.50. The molecule has 1 aromatic rings. The molecule has 2 atom stereocenters. The molecule has 2 unspecified atom stereocenters. The highest BCUT2D eigenvalue weighted by Crippen LogP contribution is 2.21. The van der Waals surface area contributed by atoms with Gasteiger partial charge in [0.25, 0.3) is 0 Å². The number of benzene rings is 1. The van der Waals surface area contributed by atoms with E-state index < -0.39 is 0 Å². The minimum absolute atomic E-state index is 0.0107. The van der Waals surface area contributed by atoms with Crippen LogP contribution < -0.4 is 0 Å². The molecule has 19 heavy (non-hydrogen) atoms. The van der Waals surface area contributed by atoms with Crippen LogP contribution >= 0.6 is 11.6 Å². The van der Waals surface area contributed by atoms with Crippen molar-refractivity contribution in [3.8, 4) is 0 Å². The van der Waals surface area contributed by atoms with Crippen molar-refractivity contribution in [2.45, 2.75) is 45.0 Å². The van der Waals surface area contributed by atoms with Crippen LogP contribution in [0.1, 0.15) is 37.0 Å². The van der Waals surface area contributed by atoms with Crippen molar-refractivity contribution in [1.82, 2.24) is 0 Å². The Balaban J connectivity index is 1.84. The summed E-state index contributed by atoms with van der Waals surface area (Å²) in [5.41, 5.74) is 0.637. The fourth-order valence-electron chi connectivity index (χ4n) is 2.39. The van der Waals surface area contributed by atoms with Crippen molar-refractivity contribution in [2.24, 2.45) is 0 Å². The summed E-state index contributed by atoms with van der Waals surface area (Å²) in [5, 5.41) is 0.629. The lowest BCUT2D eigenvalue weighted by Gasteiger charge is -2.31. The Morgan fingerprint density at radius 2 is 1.84 bits per heavy atom. The number of ketones is 1. The van der Waals surface area contributed by atoms with Gasteiger partial charge in [-0.05, 0) is 51.0 Å². The predicted molar refractivity (Wildman–Crippen MR) is 74.8 cm³/mol. The number of ether oxygens (including phenoxy) is 2. The first-order valence-corrected chi connectivity index (χ1v) is 6.98. The molecule has 4 heteroatoms. The Bertz CT molecular complexity index is 420. The summed E-state index contributed by atoms with van der Waals surface area (Å²) in [4.78, 5) is 12.0. The van der Waals surface area contributed by atoms with Crippen molar-refractivity contribution in [2.75, 3.05) is 6.61 Å². The van der Waals surface area contributed by atoms with Gasteiger partial charge in [-0.1, -0.05) is 11.6 Å². The van der Waals surface area contributed by atoms with Gasteiger partial charge < -0.3 is 9.47 Å². The smallest absolute Gasteiger partial charge is 0.188 e. The Morgan fingerprint density at radius 3 is 2.42 bits per heavy atom. The van der Waals surface area contributed by atoms with E-state index in [4.69, 9.17) is 21.1 Å². The number of carbonyl (C=O) groups is 1. The Kier molecular flexibility index (Phi) is 4.97. The number of hydrogen-bond acceptors (Lipinski definition) is 3. The molecule has 104 valence electrons. The lowest BCUT2D eigenvalue weighted by Crippen LogP contribution is -2.35. The third-order valence-electron chi connectivity index (χ3n) is 3.27. The maximum atomic E-state index is 12.0. The largest absolute Gasteiger partial charge is 0.375 e. The van der Waals surface area contributed by atoms with Gasteiger partial charge >= 0.3 is 0 Å². The van der Waals surface area contributed by atoms with Gasteiger partial charge in [0.2, 0.25) is 0 Å². The van der Waals surface area contributed by atoms with Crippen LogP contribution in [0.25, 0.3) is 0 Å². The number of carbonyl (C=O) groups excluding carboxylic acids is 1. The topological polar surface area (TPSA) is 35.5 Å². The van der Waals surface area contributed by atoms with E-state index in [1.165, 1.54) is 0 Å². The van der Waals surface area contributed by atoms with Gasteiger partial charge in [-0.15, -0.1) is 0 Å². The van der Waals surface area contributed by atoms with E-state index in [2.05, 4.69) is 0 Å². The zero-order valence-corrected chi connectivity index (χ0v) is 12.0. The lowest BCUT2D eigenvalue weighted by molar-refractivity contribution is -0.0975. The first kappa shape index (κ1) is 14.5. The van der Waals surface area contributed by atoms with Crippen LogP contribution in [0.3, 0.4) is 0 Å². The SMILES string of the molecule is CC1CC(OCC(=O)c2ccc(Cl)cc2)CC(C)O1. The van der Waals surface area contributed by atoms with Crippen LogP contribution in [0.2, 0.25) is 5.02 Å². The third-order valence-corrected chi connectivity index (χ3v) is 3.52. The minimum atomic E-state index is -0.0107. The maximum absolute atomic E-state index is 12.0. The van der Waals surface area contributed by atoms with Crippen molar-refractivity contribution in [3.63, 3.8) is 0 Å². The van der Waals surface area contributed by atoms with Gasteiger partial charge in [-0.3, -0.25) is 4.79 Å². The van der Waals surface area contributed by atoms with Gasteiger partial charge in [0.05, 0.1) is 18.3 Å². The molecule has 0 amide bonds. The second-order valence-corrected chi connectivity index (χ2v) is 5.53. The summed E-state index contributed by atoms with van der Waals surface area (Å²) in [6.45, 7) is 4.19. The number of hydrogen-bond donors (Lipinski definition) is 0. The first-order chi connectivity index (χ1) is 9.04. The Labute approximate surface area is 118 Å². The fraction of sp³-hybridized carbons (Fsp3) is 0.533. The average molecular weight is 283 g/mol. The summed E-state index contributed by atoms with van der Waals surface area (Å²) in [5.74, 6) is -0.0107. The molecule has 3 nitrogen and oxygen atoms in total. The second kappa shape index (κ2) is 6.51. The molecular weight excluding hydrogens is 264 g/mol. The van der Waals surface area contributed by atoms with Crippen molar-refractivity contribution in [1.29, 1.82) is 0 Å². The highest BCUT2D eigenvalue weighted by atomic mass is 35.5. The van der Waals surface area contributed by atoms with E-state index in [1.54, 1.807) is 24.3 Å². The molecule has 0 radical (unpaired) electrons. The van der Waals surface area contributed by atoms with E-state index in [-0.39, 0.29) is 30.7 Å². The third kappa shape index (κ3) is 4.30. The molecule has 0 N–H and O–H groups in total. The standard InChI is InChI=1S/C15H19ClO3/c1-10-7-14(8-11(2)19-10)18-9-15(17)12-3-5-13(16)6-4-12/h3-6,10-11,14H,7-9H2,1-2H3. The molecule has 0 aromatic heterocycles. The molecule has 1 saturated heterocycles. The van der Waals surface area contributed by atoms with Gasteiger partial charge in [0.15, 0.2) is 5.78 Å². The molecule has 1 heterocycles. The van der Waals surface area contributed by atoms with E-state index >= 15 is 0 Å². The first-order valence-electron chi connectivity index (χ1n) is 6.60. The summed E-state index contributed by atoms with van der Waals surface area (Å²) < 4.78 is 11.3. The number of rotatable bonds is 4. The fourth-order valence-corrected chi connectivity index (χ4v) is 2.52. The van der Waals surface area contributed by atoms with Crippen LogP contribution in [0.4, 0.5) is 0 Å². The second-order valence-electron chi connectivity index (χ2n) is 5.09. The molecule has 1 fully saturated rings. The monoisotopic (exact) mass is 282 g/mol. The van der Waals surface area contributed by atoms with Crippen molar-refractivity contribution >= 4 is 17.4 Å². The minimum Gasteiger partial charge on any atom is -0.375 e. The van der Waals surface area contributed by atoms with Gasteiger partial charge in [0, 0.05) is 10.6 Å². The summed E-state index contributed by atoms with van der Waals surface area (Å²) in [7, 11) is 0. The van der Waals surface area contributed by atoms with Crippen LogP contribution in [0.15, 0.2) is 24.3 Å². The van der Waals surface area contributed by atoms with Crippen LogP contribution in [-0.2, 0) is 9.47 Å². The van der Waals surface area contributed by atoms with E-state index in [9.17, 15) is 4.79 Å². The van der Waals surface area contributed by atoms with Crippen molar-refractivity contribution in [3.05, 3.63) is 34.9 Å². The molecule has 0 bridgehead atoms. The summed E-state index contributed by atoms with van der Waals surface area (Å²) in [6.07, 6.45) is 2.19. The van der Waals surface area contributed by atoms with Crippen LogP contribution in [0.5, 0.6) is 0 Å². The molecule has 1 aliphatic rings. The molecule has 0 spiro atoms. The van der Waals surface area contributed by atoms with Crippen LogP contribution in [0, 0.1) is 0 Å². The van der Waals surface area contributed by atoms with Gasteiger partial charge in [0.1, 0.15) is 6.61 Å². The van der Waals surface area contributed by atoms with E-state index in [1.807, 2.05) is 13.8 Å². The molecule has 2 rings (SSSR count). The molecule has 1 aliphatic heterocycles.